The van der Waals surface area contributed by atoms with Gasteiger partial charge in [-0.25, -0.2) is 0 Å². The van der Waals surface area contributed by atoms with Crippen LogP contribution in [0.1, 0.15) is 290 Å². The highest BCUT2D eigenvalue weighted by Crippen LogP contribution is 2.16. The fourth-order valence-corrected chi connectivity index (χ4v) is 8.48. The summed E-state index contributed by atoms with van der Waals surface area (Å²) in [5.41, 5.74) is 0. The minimum Gasteiger partial charge on any atom is -0.462 e. The summed E-state index contributed by atoms with van der Waals surface area (Å²) in [5.74, 6) is -0.897. The molecule has 0 aromatic heterocycles. The highest BCUT2D eigenvalue weighted by Gasteiger charge is 2.19. The molecule has 0 bridgehead atoms. The van der Waals surface area contributed by atoms with E-state index in [1.807, 2.05) is 0 Å². The molecule has 0 aromatic carbocycles. The normalized spacial score (nSPS) is 12.8. The number of esters is 3. The topological polar surface area (TPSA) is 78.9 Å². The van der Waals surface area contributed by atoms with E-state index < -0.39 is 6.10 Å². The van der Waals surface area contributed by atoms with Crippen LogP contribution in [0.2, 0.25) is 0 Å². The second-order valence-electron chi connectivity index (χ2n) is 20.2. The molecule has 0 rings (SSSR count). The Morgan fingerprint density at radius 2 is 0.534 bits per heavy atom. The van der Waals surface area contributed by atoms with E-state index in [1.165, 1.54) is 128 Å². The molecule has 0 radical (unpaired) electrons. The monoisotopic (exact) mass is 1010 g/mol. The Kier molecular flexibility index (Phi) is 57.8. The third-order valence-electron chi connectivity index (χ3n) is 13.1. The lowest BCUT2D eigenvalue weighted by atomic mass is 10.0. The minimum atomic E-state index is -0.776. The number of hydrogen-bond acceptors (Lipinski definition) is 6. The van der Waals surface area contributed by atoms with E-state index in [2.05, 4.69) is 118 Å². The maximum absolute atomic E-state index is 12.8. The molecule has 0 aromatic rings. The van der Waals surface area contributed by atoms with Gasteiger partial charge in [-0.2, -0.15) is 0 Å². The second kappa shape index (κ2) is 60.9. The molecule has 73 heavy (non-hydrogen) atoms. The number of unbranched alkanes of at least 4 members (excludes halogenated alkanes) is 28. The van der Waals surface area contributed by atoms with Crippen molar-refractivity contribution < 1.29 is 28.6 Å². The molecule has 0 aliphatic heterocycles. The first-order valence-electron chi connectivity index (χ1n) is 30.7. The molecule has 6 heteroatoms. The Bertz CT molecular complexity index is 1440. The van der Waals surface area contributed by atoms with Crippen molar-refractivity contribution in [1.29, 1.82) is 0 Å². The van der Waals surface area contributed by atoms with Crippen LogP contribution in [0.5, 0.6) is 0 Å². The van der Waals surface area contributed by atoms with E-state index >= 15 is 0 Å². The molecular formula is C67H114O6. The van der Waals surface area contributed by atoms with Crippen molar-refractivity contribution in [3.05, 3.63) is 97.2 Å². The molecule has 0 saturated heterocycles. The van der Waals surface area contributed by atoms with Gasteiger partial charge in [-0.1, -0.05) is 266 Å². The van der Waals surface area contributed by atoms with Crippen LogP contribution in [0.15, 0.2) is 97.2 Å². The predicted octanol–water partition coefficient (Wildman–Crippen LogP) is 20.9. The van der Waals surface area contributed by atoms with E-state index in [0.717, 1.165) is 122 Å². The van der Waals surface area contributed by atoms with Crippen molar-refractivity contribution in [1.82, 2.24) is 0 Å². The van der Waals surface area contributed by atoms with Gasteiger partial charge in [0.25, 0.3) is 0 Å². The van der Waals surface area contributed by atoms with Crippen molar-refractivity contribution in [3.8, 4) is 0 Å². The van der Waals surface area contributed by atoms with Gasteiger partial charge in [0.15, 0.2) is 6.10 Å². The first kappa shape index (κ1) is 69.3. The summed E-state index contributed by atoms with van der Waals surface area (Å²) in [5, 5.41) is 0. The maximum atomic E-state index is 12.8. The molecular weight excluding hydrogens is 901 g/mol. The molecule has 1 unspecified atom stereocenters. The number of allylic oxidation sites excluding steroid dienone is 16. The summed E-state index contributed by atoms with van der Waals surface area (Å²) < 4.78 is 16.7. The lowest BCUT2D eigenvalue weighted by Crippen LogP contribution is -2.30. The zero-order valence-corrected chi connectivity index (χ0v) is 47.9. The molecule has 0 amide bonds. The van der Waals surface area contributed by atoms with Crippen LogP contribution < -0.4 is 0 Å². The Hall–Kier alpha value is -3.67. The smallest absolute Gasteiger partial charge is 0.306 e. The van der Waals surface area contributed by atoms with Gasteiger partial charge in [-0.3, -0.25) is 14.4 Å². The lowest BCUT2D eigenvalue weighted by Gasteiger charge is -2.18. The molecule has 0 aliphatic rings. The summed E-state index contributed by atoms with van der Waals surface area (Å²) in [4.78, 5) is 37.8. The lowest BCUT2D eigenvalue weighted by molar-refractivity contribution is -0.167. The van der Waals surface area contributed by atoms with E-state index in [0.29, 0.717) is 19.3 Å². The van der Waals surface area contributed by atoms with Gasteiger partial charge in [-0.15, -0.1) is 0 Å². The van der Waals surface area contributed by atoms with Crippen LogP contribution in [0.3, 0.4) is 0 Å². The SMILES string of the molecule is CC/C=C\C/C=C\C/C=C\C/C=C\C/C=C\C/C=C\C/C=C\CCCCCCCCCCCCCCCC(=O)OCC(COC(=O)CCCCCCC)OC(=O)CCCCCCC/C=C\CCCCCCCC. The minimum absolute atomic E-state index is 0.0790. The average Bonchev–Trinajstić information content (AvgIpc) is 3.39. The largest absolute Gasteiger partial charge is 0.462 e. The van der Waals surface area contributed by atoms with Crippen LogP contribution >= 0.6 is 0 Å². The number of ether oxygens (including phenoxy) is 3. The molecule has 0 N–H and O–H groups in total. The zero-order chi connectivity index (χ0) is 52.9. The molecule has 418 valence electrons. The Morgan fingerprint density at radius 1 is 0.288 bits per heavy atom. The molecule has 6 nitrogen and oxygen atoms in total. The maximum Gasteiger partial charge on any atom is 0.306 e. The molecule has 0 aliphatic carbocycles. The highest BCUT2D eigenvalue weighted by molar-refractivity contribution is 5.71. The Labute approximate surface area is 451 Å². The summed E-state index contributed by atoms with van der Waals surface area (Å²) >= 11 is 0. The summed E-state index contributed by atoms with van der Waals surface area (Å²) in [6.07, 6.45) is 81.8. The van der Waals surface area contributed by atoms with E-state index in [1.54, 1.807) is 0 Å². The molecule has 0 spiro atoms. The van der Waals surface area contributed by atoms with Gasteiger partial charge in [0.1, 0.15) is 13.2 Å². The van der Waals surface area contributed by atoms with Crippen molar-refractivity contribution in [2.24, 2.45) is 0 Å². The van der Waals surface area contributed by atoms with Crippen LogP contribution in [0.25, 0.3) is 0 Å². The van der Waals surface area contributed by atoms with Gasteiger partial charge in [0, 0.05) is 19.3 Å². The summed E-state index contributed by atoms with van der Waals surface area (Å²) in [7, 11) is 0. The van der Waals surface area contributed by atoms with Crippen LogP contribution in [-0.4, -0.2) is 37.2 Å². The average molecular weight is 1020 g/mol. The van der Waals surface area contributed by atoms with Gasteiger partial charge in [0.2, 0.25) is 0 Å². The van der Waals surface area contributed by atoms with Crippen LogP contribution in [0, 0.1) is 0 Å². The number of carbonyl (C=O) groups is 3. The first-order valence-corrected chi connectivity index (χ1v) is 30.7. The van der Waals surface area contributed by atoms with E-state index in [-0.39, 0.29) is 31.1 Å². The van der Waals surface area contributed by atoms with E-state index in [4.69, 9.17) is 14.2 Å². The van der Waals surface area contributed by atoms with Gasteiger partial charge < -0.3 is 14.2 Å². The fraction of sp³-hybridized carbons (Fsp3) is 0.716. The predicted molar refractivity (Wildman–Crippen MR) is 316 cm³/mol. The molecule has 0 saturated carbocycles. The Balaban J connectivity index is 3.98. The van der Waals surface area contributed by atoms with Crippen molar-refractivity contribution >= 4 is 17.9 Å². The summed E-state index contributed by atoms with van der Waals surface area (Å²) in [6.45, 7) is 6.44. The quantitative estimate of drug-likeness (QED) is 0.0261. The Morgan fingerprint density at radius 3 is 0.849 bits per heavy atom. The van der Waals surface area contributed by atoms with Crippen molar-refractivity contribution in [2.45, 2.75) is 297 Å². The number of hydrogen-bond donors (Lipinski definition) is 0. The third kappa shape index (κ3) is 59.1. The van der Waals surface area contributed by atoms with Crippen molar-refractivity contribution in [2.75, 3.05) is 13.2 Å². The number of carbonyl (C=O) groups excluding carboxylic acids is 3. The summed E-state index contributed by atoms with van der Waals surface area (Å²) in [6, 6.07) is 0. The number of rotatable bonds is 55. The van der Waals surface area contributed by atoms with Gasteiger partial charge in [0.05, 0.1) is 0 Å². The second-order valence-corrected chi connectivity index (χ2v) is 20.2. The molecule has 0 fully saturated rings. The van der Waals surface area contributed by atoms with Crippen LogP contribution in [-0.2, 0) is 28.6 Å². The molecule has 0 heterocycles. The van der Waals surface area contributed by atoms with Gasteiger partial charge in [-0.05, 0) is 103 Å². The van der Waals surface area contributed by atoms with Crippen molar-refractivity contribution in [3.63, 3.8) is 0 Å². The first-order chi connectivity index (χ1) is 36.0. The van der Waals surface area contributed by atoms with Crippen LogP contribution in [0.4, 0.5) is 0 Å². The van der Waals surface area contributed by atoms with E-state index in [9.17, 15) is 14.4 Å². The van der Waals surface area contributed by atoms with Gasteiger partial charge >= 0.3 is 17.9 Å². The third-order valence-corrected chi connectivity index (χ3v) is 13.1. The fourth-order valence-electron chi connectivity index (χ4n) is 8.48. The standard InChI is InChI=1S/C67H114O6/c1-4-7-10-13-15-17-19-21-23-24-25-26-27-28-29-30-31-32-33-34-35-36-37-38-39-40-41-42-44-45-47-49-51-54-57-60-66(69)72-63-64(62-71-65(68)59-56-53-12-9-6-3)73-67(70)61-58-55-52-50-48-46-43-22-20-18-16-14-11-8-5-2/h7,10,15,17,21-23,25-26,28-29,31-32,34-35,43,64H,4-6,8-9,11-14,16,18-20,24,27,30,33,36-42,44-63H2,1-3H3/b10-7-,17-15-,23-21-,26-25-,29-28-,32-31-,35-34-,43-22-. The molecule has 1 atom stereocenters. The highest BCUT2D eigenvalue weighted by atomic mass is 16.6. The zero-order valence-electron chi connectivity index (χ0n) is 47.9.